The van der Waals surface area contributed by atoms with Gasteiger partial charge < -0.3 is 5.32 Å². The summed E-state index contributed by atoms with van der Waals surface area (Å²) < 4.78 is 2.00. The summed E-state index contributed by atoms with van der Waals surface area (Å²) in [6.07, 6.45) is 0. The quantitative estimate of drug-likeness (QED) is 0.889. The highest BCUT2D eigenvalue weighted by molar-refractivity contribution is 5.86. The first-order valence-electron chi connectivity index (χ1n) is 7.28. The molecule has 0 saturated carbocycles. The van der Waals surface area contributed by atoms with Crippen molar-refractivity contribution in [1.82, 2.24) is 20.0 Å². The molecule has 0 unspecified atom stereocenters. The van der Waals surface area contributed by atoms with Crippen LogP contribution in [0.3, 0.4) is 0 Å². The number of nitrogens with zero attached hydrogens (tertiary/aromatic N) is 3. The number of benzene rings is 1. The minimum absolute atomic E-state index is 0. The van der Waals surface area contributed by atoms with E-state index in [-0.39, 0.29) is 37.2 Å². The standard InChI is InChI=1S/C16H22N4.3ClH/c1-13-11-14(2)20(18-13)16-5-3-15(4-6-16)12-19-9-7-17-8-10-19;;;/h3-6,11,17H,7-10,12H2,1-2H3;3*1H. The third-order valence-corrected chi connectivity index (χ3v) is 3.81. The number of nitrogens with one attached hydrogen (secondary N) is 1. The van der Waals surface area contributed by atoms with E-state index in [1.54, 1.807) is 0 Å². The first kappa shape index (κ1) is 22.2. The van der Waals surface area contributed by atoms with Crippen molar-refractivity contribution in [3.63, 3.8) is 0 Å². The average molecular weight is 380 g/mol. The monoisotopic (exact) mass is 378 g/mol. The summed E-state index contributed by atoms with van der Waals surface area (Å²) in [6.45, 7) is 9.64. The molecule has 7 heteroatoms. The Hall–Kier alpha value is -0.780. The molecule has 3 rings (SSSR count). The molecule has 2 heterocycles. The third-order valence-electron chi connectivity index (χ3n) is 3.81. The second-order valence-corrected chi connectivity index (χ2v) is 5.53. The van der Waals surface area contributed by atoms with Crippen molar-refractivity contribution in [3.05, 3.63) is 47.3 Å². The summed E-state index contributed by atoms with van der Waals surface area (Å²) in [7, 11) is 0. The first-order chi connectivity index (χ1) is 9.72. The largest absolute Gasteiger partial charge is 0.314 e. The van der Waals surface area contributed by atoms with Crippen molar-refractivity contribution in [2.45, 2.75) is 20.4 Å². The highest BCUT2D eigenvalue weighted by Crippen LogP contribution is 2.14. The van der Waals surface area contributed by atoms with E-state index in [2.05, 4.69) is 52.6 Å². The van der Waals surface area contributed by atoms with Crippen LogP contribution in [0.5, 0.6) is 0 Å². The van der Waals surface area contributed by atoms with E-state index in [9.17, 15) is 0 Å². The van der Waals surface area contributed by atoms with Crippen molar-refractivity contribution in [1.29, 1.82) is 0 Å². The molecule has 1 aromatic heterocycles. The average Bonchev–Trinajstić information content (AvgIpc) is 2.80. The van der Waals surface area contributed by atoms with Gasteiger partial charge in [-0.25, -0.2) is 4.68 Å². The smallest absolute Gasteiger partial charge is 0.0648 e. The van der Waals surface area contributed by atoms with Gasteiger partial charge in [-0.2, -0.15) is 5.10 Å². The van der Waals surface area contributed by atoms with Crippen LogP contribution in [0.1, 0.15) is 17.0 Å². The molecule has 1 aliphatic rings. The zero-order chi connectivity index (χ0) is 13.9. The molecule has 0 amide bonds. The van der Waals surface area contributed by atoms with Crippen LogP contribution in [0.25, 0.3) is 5.69 Å². The fourth-order valence-electron chi connectivity index (χ4n) is 2.76. The van der Waals surface area contributed by atoms with Crippen LogP contribution in [0.2, 0.25) is 0 Å². The van der Waals surface area contributed by atoms with Crippen LogP contribution >= 0.6 is 37.2 Å². The maximum Gasteiger partial charge on any atom is 0.0648 e. The molecule has 1 aliphatic heterocycles. The van der Waals surface area contributed by atoms with Gasteiger partial charge in [-0.15, -0.1) is 37.2 Å². The lowest BCUT2D eigenvalue weighted by Crippen LogP contribution is -2.42. The Kier molecular flexibility index (Phi) is 9.82. The molecular weight excluding hydrogens is 355 g/mol. The molecule has 1 fully saturated rings. The molecule has 0 atom stereocenters. The Labute approximate surface area is 156 Å². The van der Waals surface area contributed by atoms with Crippen LogP contribution < -0.4 is 5.32 Å². The van der Waals surface area contributed by atoms with Gasteiger partial charge in [-0.3, -0.25) is 4.90 Å². The highest BCUT2D eigenvalue weighted by Gasteiger charge is 2.10. The molecule has 1 saturated heterocycles. The Morgan fingerprint density at radius 2 is 1.61 bits per heavy atom. The Morgan fingerprint density at radius 3 is 2.13 bits per heavy atom. The third kappa shape index (κ3) is 5.66. The van der Waals surface area contributed by atoms with Crippen molar-refractivity contribution in [2.24, 2.45) is 0 Å². The number of aryl methyl sites for hydroxylation is 2. The predicted molar refractivity (Wildman–Crippen MR) is 103 cm³/mol. The van der Waals surface area contributed by atoms with Crippen LogP contribution in [-0.2, 0) is 6.54 Å². The fraction of sp³-hybridized carbons (Fsp3) is 0.438. The Bertz CT molecular complexity index is 578. The van der Waals surface area contributed by atoms with E-state index in [1.165, 1.54) is 11.3 Å². The first-order valence-corrected chi connectivity index (χ1v) is 7.28. The van der Waals surface area contributed by atoms with Crippen molar-refractivity contribution >= 4 is 37.2 Å². The number of aromatic nitrogens is 2. The van der Waals surface area contributed by atoms with Crippen LogP contribution in [0, 0.1) is 13.8 Å². The molecule has 0 aliphatic carbocycles. The minimum atomic E-state index is 0. The lowest BCUT2D eigenvalue weighted by atomic mass is 10.2. The van der Waals surface area contributed by atoms with E-state index < -0.39 is 0 Å². The van der Waals surface area contributed by atoms with Gasteiger partial charge in [0.05, 0.1) is 11.4 Å². The SMILES string of the molecule is Cc1cc(C)n(-c2ccc(CN3CCNCC3)cc2)n1.Cl.Cl.Cl. The number of halogens is 3. The summed E-state index contributed by atoms with van der Waals surface area (Å²) in [4.78, 5) is 2.49. The lowest BCUT2D eigenvalue weighted by Gasteiger charge is -2.27. The van der Waals surface area contributed by atoms with Crippen LogP contribution in [-0.4, -0.2) is 40.9 Å². The number of rotatable bonds is 3. The molecule has 0 radical (unpaired) electrons. The van der Waals surface area contributed by atoms with E-state index in [4.69, 9.17) is 0 Å². The van der Waals surface area contributed by atoms with Crippen molar-refractivity contribution in [2.75, 3.05) is 26.2 Å². The maximum absolute atomic E-state index is 4.52. The van der Waals surface area contributed by atoms with Gasteiger partial charge in [0.1, 0.15) is 0 Å². The fourth-order valence-corrected chi connectivity index (χ4v) is 2.76. The molecule has 130 valence electrons. The van der Waals surface area contributed by atoms with Crippen LogP contribution in [0.15, 0.2) is 30.3 Å². The topological polar surface area (TPSA) is 33.1 Å². The summed E-state index contributed by atoms with van der Waals surface area (Å²) in [6, 6.07) is 10.9. The van der Waals surface area contributed by atoms with Gasteiger partial charge >= 0.3 is 0 Å². The number of piperazine rings is 1. The summed E-state index contributed by atoms with van der Waals surface area (Å²) in [5.74, 6) is 0. The summed E-state index contributed by atoms with van der Waals surface area (Å²) >= 11 is 0. The van der Waals surface area contributed by atoms with Gasteiger partial charge in [-0.1, -0.05) is 12.1 Å². The minimum Gasteiger partial charge on any atom is -0.314 e. The van der Waals surface area contributed by atoms with Crippen molar-refractivity contribution in [3.8, 4) is 5.69 Å². The highest BCUT2D eigenvalue weighted by atomic mass is 35.5. The van der Waals surface area contributed by atoms with Gasteiger partial charge in [-0.05, 0) is 37.6 Å². The summed E-state index contributed by atoms with van der Waals surface area (Å²) in [5, 5.41) is 7.91. The molecule has 0 spiro atoms. The van der Waals surface area contributed by atoms with E-state index >= 15 is 0 Å². The molecule has 2 aromatic rings. The number of hydrogen-bond acceptors (Lipinski definition) is 3. The normalized spacial score (nSPS) is 14.3. The maximum atomic E-state index is 4.52. The van der Waals surface area contributed by atoms with Crippen molar-refractivity contribution < 1.29 is 0 Å². The van der Waals surface area contributed by atoms with Gasteiger partial charge in [0, 0.05) is 38.4 Å². The van der Waals surface area contributed by atoms with E-state index in [1.807, 2.05) is 11.6 Å². The van der Waals surface area contributed by atoms with Crippen LogP contribution in [0.4, 0.5) is 0 Å². The predicted octanol–water partition coefficient (Wildman–Crippen LogP) is 3.16. The zero-order valence-electron chi connectivity index (χ0n) is 13.5. The zero-order valence-corrected chi connectivity index (χ0v) is 15.9. The Balaban J connectivity index is 0.00000161. The molecule has 23 heavy (non-hydrogen) atoms. The lowest BCUT2D eigenvalue weighted by molar-refractivity contribution is 0.233. The van der Waals surface area contributed by atoms with E-state index in [0.29, 0.717) is 0 Å². The molecule has 4 nitrogen and oxygen atoms in total. The van der Waals surface area contributed by atoms with E-state index in [0.717, 1.165) is 44.1 Å². The van der Waals surface area contributed by atoms with Gasteiger partial charge in [0.15, 0.2) is 0 Å². The molecule has 0 bridgehead atoms. The Morgan fingerprint density at radius 1 is 1.00 bits per heavy atom. The summed E-state index contributed by atoms with van der Waals surface area (Å²) in [5.41, 5.74) is 4.75. The molecule has 1 N–H and O–H groups in total. The second kappa shape index (κ2) is 10.2. The number of hydrogen-bond donors (Lipinski definition) is 1. The van der Waals surface area contributed by atoms with Gasteiger partial charge in [0.25, 0.3) is 0 Å². The van der Waals surface area contributed by atoms with Gasteiger partial charge in [0.2, 0.25) is 0 Å². The second-order valence-electron chi connectivity index (χ2n) is 5.53. The molecule has 1 aromatic carbocycles. The molecular formula is C16H25Cl3N4.